The first kappa shape index (κ1) is 23.2. The zero-order chi connectivity index (χ0) is 24.5. The van der Waals surface area contributed by atoms with E-state index in [-0.39, 0.29) is 16.1 Å². The van der Waals surface area contributed by atoms with Crippen LogP contribution in [0.1, 0.15) is 39.4 Å². The van der Waals surface area contributed by atoms with Crippen molar-refractivity contribution < 1.29 is 18.4 Å². The molecule has 0 saturated heterocycles. The number of thiophene rings is 1. The van der Waals surface area contributed by atoms with E-state index in [1.54, 1.807) is 32.0 Å². The van der Waals surface area contributed by atoms with Crippen LogP contribution in [0.2, 0.25) is 0 Å². The van der Waals surface area contributed by atoms with Gasteiger partial charge in [0.25, 0.3) is 11.8 Å². The summed E-state index contributed by atoms with van der Waals surface area (Å²) in [6.45, 7) is 3.43. The Morgan fingerprint density at radius 2 is 1.91 bits per heavy atom. The number of nitrogens with one attached hydrogen (secondary N) is 2. The van der Waals surface area contributed by atoms with E-state index < -0.39 is 35.3 Å². The highest BCUT2D eigenvalue weighted by Crippen LogP contribution is 2.26. The summed E-state index contributed by atoms with van der Waals surface area (Å²) in [7, 11) is 0. The molecule has 10 heteroatoms. The first-order valence-corrected chi connectivity index (χ1v) is 11.1. The highest BCUT2D eigenvalue weighted by Gasteiger charge is 2.29. The molecule has 1 aromatic carbocycles. The summed E-state index contributed by atoms with van der Waals surface area (Å²) in [5, 5.41) is 14.3. The third-order valence-electron chi connectivity index (χ3n) is 5.31. The molecule has 2 atom stereocenters. The van der Waals surface area contributed by atoms with E-state index in [1.807, 2.05) is 0 Å². The Hall–Kier alpha value is -3.97. The average molecular weight is 480 g/mol. The fourth-order valence-electron chi connectivity index (χ4n) is 3.32. The second kappa shape index (κ2) is 9.11. The molecule has 2 heterocycles. The van der Waals surface area contributed by atoms with Gasteiger partial charge >= 0.3 is 0 Å². The van der Waals surface area contributed by atoms with E-state index in [4.69, 9.17) is 0 Å². The Morgan fingerprint density at radius 1 is 1.15 bits per heavy atom. The smallest absolute Gasteiger partial charge is 0.262 e. The van der Waals surface area contributed by atoms with Gasteiger partial charge in [0, 0.05) is 18.0 Å². The van der Waals surface area contributed by atoms with Gasteiger partial charge in [0.05, 0.1) is 28.1 Å². The standard InChI is InChI=1S/C24H19F2N5O2S/c1-24(2,12-27)14-5-3-4-13(8-14)21(32)30-17-10-18(16(26)9-15(17)25)31-22(33)20-11-19-23(34-20)29-7-6-28-19/h3-11,16,18H,1-2H3,(H,30,32)(H,31,33)/t16-,18?/m0/s1. The van der Waals surface area contributed by atoms with Gasteiger partial charge in [0.1, 0.15) is 22.3 Å². The number of fused-ring (bicyclic) bond motifs is 1. The number of aromatic nitrogens is 2. The van der Waals surface area contributed by atoms with E-state index in [0.717, 1.165) is 17.4 Å². The maximum Gasteiger partial charge on any atom is 0.262 e. The molecule has 0 bridgehead atoms. The third-order valence-corrected chi connectivity index (χ3v) is 6.34. The largest absolute Gasteiger partial charge is 0.342 e. The Morgan fingerprint density at radius 3 is 2.65 bits per heavy atom. The Labute approximate surface area is 197 Å². The number of halogens is 2. The first-order chi connectivity index (χ1) is 16.2. The molecule has 1 aliphatic carbocycles. The van der Waals surface area contributed by atoms with Crippen molar-refractivity contribution in [2.45, 2.75) is 31.5 Å². The van der Waals surface area contributed by atoms with Crippen LogP contribution in [0.3, 0.4) is 0 Å². The summed E-state index contributed by atoms with van der Waals surface area (Å²) < 4.78 is 28.9. The van der Waals surface area contributed by atoms with E-state index in [2.05, 4.69) is 26.7 Å². The van der Waals surface area contributed by atoms with Crippen LogP contribution >= 0.6 is 11.3 Å². The predicted octanol–water partition coefficient (Wildman–Crippen LogP) is 4.11. The van der Waals surface area contributed by atoms with Crippen LogP contribution in [-0.2, 0) is 5.41 Å². The summed E-state index contributed by atoms with van der Waals surface area (Å²) in [5.74, 6) is -2.15. The van der Waals surface area contributed by atoms with E-state index in [1.165, 1.54) is 24.5 Å². The fourth-order valence-corrected chi connectivity index (χ4v) is 4.18. The molecular weight excluding hydrogens is 460 g/mol. The summed E-state index contributed by atoms with van der Waals surface area (Å²) in [6, 6.07) is 8.92. The maximum absolute atomic E-state index is 14.5. The minimum atomic E-state index is -1.82. The van der Waals surface area contributed by atoms with Crippen molar-refractivity contribution in [3.63, 3.8) is 0 Å². The van der Waals surface area contributed by atoms with Crippen molar-refractivity contribution in [2.24, 2.45) is 0 Å². The molecule has 1 unspecified atom stereocenters. The molecule has 3 aromatic rings. The van der Waals surface area contributed by atoms with Crippen LogP contribution in [0.4, 0.5) is 8.78 Å². The number of nitriles is 1. The third kappa shape index (κ3) is 4.70. The lowest BCUT2D eigenvalue weighted by Crippen LogP contribution is -2.42. The van der Waals surface area contributed by atoms with Crippen molar-refractivity contribution >= 4 is 33.5 Å². The van der Waals surface area contributed by atoms with Gasteiger partial charge in [-0.3, -0.25) is 14.6 Å². The van der Waals surface area contributed by atoms with Crippen molar-refractivity contribution in [1.29, 1.82) is 5.26 Å². The number of carbonyl (C=O) groups is 2. The number of alkyl halides is 1. The Balaban J connectivity index is 1.52. The van der Waals surface area contributed by atoms with Gasteiger partial charge in [-0.15, -0.1) is 11.3 Å². The van der Waals surface area contributed by atoms with E-state index in [9.17, 15) is 23.6 Å². The molecule has 0 saturated carbocycles. The summed E-state index contributed by atoms with van der Waals surface area (Å²) >= 11 is 1.10. The van der Waals surface area contributed by atoms with Crippen molar-refractivity contribution in [3.05, 3.63) is 82.4 Å². The molecule has 0 aliphatic heterocycles. The lowest BCUT2D eigenvalue weighted by atomic mass is 9.85. The van der Waals surface area contributed by atoms with E-state index in [0.29, 0.717) is 22.0 Å². The molecule has 4 rings (SSSR count). The molecule has 172 valence electrons. The average Bonchev–Trinajstić information content (AvgIpc) is 3.26. The van der Waals surface area contributed by atoms with Gasteiger partial charge in [-0.2, -0.15) is 5.26 Å². The topological polar surface area (TPSA) is 108 Å². The van der Waals surface area contributed by atoms with Gasteiger partial charge < -0.3 is 10.6 Å². The zero-order valence-electron chi connectivity index (χ0n) is 18.2. The normalized spacial score (nSPS) is 18.0. The number of hydrogen-bond acceptors (Lipinski definition) is 6. The minimum Gasteiger partial charge on any atom is -0.342 e. The van der Waals surface area contributed by atoms with Crippen LogP contribution in [0.5, 0.6) is 0 Å². The lowest BCUT2D eigenvalue weighted by Gasteiger charge is -2.23. The lowest BCUT2D eigenvalue weighted by molar-refractivity contribution is 0.0934. The highest BCUT2D eigenvalue weighted by atomic mass is 32.1. The summed E-state index contributed by atoms with van der Waals surface area (Å²) in [5.41, 5.74) is 0.295. The van der Waals surface area contributed by atoms with Gasteiger partial charge in [0.2, 0.25) is 0 Å². The molecule has 2 amide bonds. The van der Waals surface area contributed by atoms with Gasteiger partial charge in [-0.05, 0) is 49.8 Å². The maximum atomic E-state index is 14.5. The second-order valence-electron chi connectivity index (χ2n) is 8.17. The van der Waals surface area contributed by atoms with E-state index >= 15 is 0 Å². The van der Waals surface area contributed by atoms with Crippen LogP contribution in [0, 0.1) is 11.3 Å². The monoisotopic (exact) mass is 479 g/mol. The van der Waals surface area contributed by atoms with Crippen LogP contribution in [-0.4, -0.2) is 34.0 Å². The zero-order valence-corrected chi connectivity index (χ0v) is 19.0. The molecule has 1 aliphatic rings. The molecule has 34 heavy (non-hydrogen) atoms. The minimum absolute atomic E-state index is 0.211. The van der Waals surface area contributed by atoms with Gasteiger partial charge in [0.15, 0.2) is 0 Å². The molecule has 0 radical (unpaired) electrons. The Bertz CT molecular complexity index is 1360. The van der Waals surface area contributed by atoms with Crippen LogP contribution in [0.25, 0.3) is 10.3 Å². The molecular formula is C24H19F2N5O2S. The number of amides is 2. The van der Waals surface area contributed by atoms with Crippen LogP contribution < -0.4 is 10.6 Å². The molecule has 7 nitrogen and oxygen atoms in total. The molecule has 0 spiro atoms. The fraction of sp³-hybridized carbons (Fsp3) is 0.208. The highest BCUT2D eigenvalue weighted by molar-refractivity contribution is 7.20. The Kier molecular flexibility index (Phi) is 6.22. The molecule has 2 N–H and O–H groups in total. The number of hydrogen-bond donors (Lipinski definition) is 2. The quantitative estimate of drug-likeness (QED) is 0.573. The summed E-state index contributed by atoms with van der Waals surface area (Å²) in [6.07, 6.45) is 3.00. The van der Waals surface area contributed by atoms with Crippen molar-refractivity contribution in [1.82, 2.24) is 20.6 Å². The SMILES string of the molecule is CC(C)(C#N)c1cccc(C(=O)NC2=CC(NC(=O)c3cc4nccnc4s3)[C@@H](F)C=C2F)c1. The number of benzene rings is 1. The second-order valence-corrected chi connectivity index (χ2v) is 9.20. The van der Waals surface area contributed by atoms with Gasteiger partial charge in [-0.25, -0.2) is 13.8 Å². The van der Waals surface area contributed by atoms with Crippen molar-refractivity contribution in [2.75, 3.05) is 0 Å². The molecule has 0 fully saturated rings. The van der Waals surface area contributed by atoms with Gasteiger partial charge in [-0.1, -0.05) is 12.1 Å². The molecule has 2 aromatic heterocycles. The summed E-state index contributed by atoms with van der Waals surface area (Å²) in [4.78, 5) is 34.4. The van der Waals surface area contributed by atoms with Crippen molar-refractivity contribution in [3.8, 4) is 6.07 Å². The number of carbonyl (C=O) groups excluding carboxylic acids is 2. The van der Waals surface area contributed by atoms with Crippen LogP contribution in [0.15, 0.2) is 66.4 Å². The number of allylic oxidation sites excluding steroid dienone is 1. The first-order valence-electron chi connectivity index (χ1n) is 10.3. The number of rotatable bonds is 5. The number of nitrogens with zero attached hydrogens (tertiary/aromatic N) is 3. The predicted molar refractivity (Wildman–Crippen MR) is 123 cm³/mol.